The molecule has 10 heteroatoms. The summed E-state index contributed by atoms with van der Waals surface area (Å²) in [4.78, 5) is 16.2. The molecule has 2 aromatic heterocycles. The van der Waals surface area contributed by atoms with Crippen LogP contribution in [0, 0.1) is 10.5 Å². The molecule has 0 bridgehead atoms. The van der Waals surface area contributed by atoms with Gasteiger partial charge in [0.2, 0.25) is 0 Å². The Morgan fingerprint density at radius 1 is 1.22 bits per heavy atom. The first-order chi connectivity index (χ1) is 12.7. The average Bonchev–Trinajstić information content (AvgIpc) is 2.89. The van der Waals surface area contributed by atoms with E-state index in [0.717, 1.165) is 15.7 Å². The van der Waals surface area contributed by atoms with Gasteiger partial charge in [0.05, 0.1) is 16.9 Å². The van der Waals surface area contributed by atoms with E-state index >= 15 is 0 Å². The molecule has 0 saturated carbocycles. The number of hydrogen-bond acceptors (Lipinski definition) is 4. The fraction of sp³-hybridized carbons (Fsp3) is 0.118. The van der Waals surface area contributed by atoms with Crippen molar-refractivity contribution in [2.24, 2.45) is 0 Å². The molecule has 2 heterocycles. The summed E-state index contributed by atoms with van der Waals surface area (Å²) in [5.41, 5.74) is 6.44. The molecule has 0 aliphatic rings. The van der Waals surface area contributed by atoms with Crippen molar-refractivity contribution in [3.05, 3.63) is 63.0 Å². The van der Waals surface area contributed by atoms with Crippen molar-refractivity contribution in [1.29, 1.82) is 0 Å². The molecule has 1 aromatic carbocycles. The molecule has 0 spiro atoms. The molecule has 0 unspecified atom stereocenters. The molecule has 1 amide bonds. The van der Waals surface area contributed by atoms with Crippen molar-refractivity contribution in [3.63, 3.8) is 0 Å². The number of halogens is 4. The van der Waals surface area contributed by atoms with Crippen LogP contribution in [0.15, 0.2) is 42.6 Å². The number of nitrogen functional groups attached to an aromatic ring is 1. The van der Waals surface area contributed by atoms with Crippen LogP contribution in [0.25, 0.3) is 5.69 Å². The van der Waals surface area contributed by atoms with E-state index in [-0.39, 0.29) is 17.2 Å². The van der Waals surface area contributed by atoms with Crippen LogP contribution in [-0.2, 0) is 6.18 Å². The van der Waals surface area contributed by atoms with Gasteiger partial charge in [0.15, 0.2) is 0 Å². The third kappa shape index (κ3) is 3.89. The molecule has 3 N–H and O–H groups in total. The van der Waals surface area contributed by atoms with E-state index in [4.69, 9.17) is 5.73 Å². The number of nitrogens with zero attached hydrogens (tertiary/aromatic N) is 3. The highest BCUT2D eigenvalue weighted by Gasteiger charge is 2.30. The molecule has 0 radical (unpaired) electrons. The number of carbonyl (C=O) groups excluding carboxylic acids is 1. The zero-order valence-electron chi connectivity index (χ0n) is 13.9. The number of para-hydroxylation sites is 1. The average molecular weight is 487 g/mol. The van der Waals surface area contributed by atoms with Gasteiger partial charge in [0.1, 0.15) is 17.2 Å². The summed E-state index contributed by atoms with van der Waals surface area (Å²) in [6.07, 6.45) is -3.84. The predicted molar refractivity (Wildman–Crippen MR) is 103 cm³/mol. The van der Waals surface area contributed by atoms with E-state index in [1.165, 1.54) is 4.68 Å². The largest absolute Gasteiger partial charge is 0.417 e. The summed E-state index contributed by atoms with van der Waals surface area (Å²) in [5.74, 6) is -0.496. The lowest BCUT2D eigenvalue weighted by atomic mass is 10.2. The summed E-state index contributed by atoms with van der Waals surface area (Å²) >= 11 is 2.13. The summed E-state index contributed by atoms with van der Waals surface area (Å²) in [6, 6.07) is 9.29. The van der Waals surface area contributed by atoms with E-state index in [9.17, 15) is 18.0 Å². The Labute approximate surface area is 165 Å². The molecule has 0 aliphatic carbocycles. The molecule has 3 rings (SSSR count). The van der Waals surface area contributed by atoms with Crippen LogP contribution >= 0.6 is 22.6 Å². The summed E-state index contributed by atoms with van der Waals surface area (Å²) < 4.78 is 40.1. The second-order valence-corrected chi connectivity index (χ2v) is 6.76. The highest BCUT2D eigenvalue weighted by atomic mass is 127. The lowest BCUT2D eigenvalue weighted by Crippen LogP contribution is -2.16. The molecule has 0 saturated heterocycles. The molecule has 3 aromatic rings. The zero-order chi connectivity index (χ0) is 19.8. The SMILES string of the molecule is Cc1nn(-c2ccccc2I)c(N)c1C(=O)Nc1ccc(C(F)(F)F)cn1. The number of amides is 1. The quantitative estimate of drug-likeness (QED) is 0.547. The number of carbonyl (C=O) groups is 1. The predicted octanol–water partition coefficient (Wildman–Crippen LogP) is 4.03. The first-order valence-electron chi connectivity index (χ1n) is 7.63. The molecular weight excluding hydrogens is 474 g/mol. The topological polar surface area (TPSA) is 85.8 Å². The molecular formula is C17H13F3IN5O. The minimum atomic E-state index is -4.50. The molecule has 0 atom stereocenters. The van der Waals surface area contributed by atoms with Crippen LogP contribution < -0.4 is 11.1 Å². The summed E-state index contributed by atoms with van der Waals surface area (Å²) in [5, 5.41) is 6.75. The van der Waals surface area contributed by atoms with Gasteiger partial charge in [0, 0.05) is 9.77 Å². The van der Waals surface area contributed by atoms with Crippen LogP contribution in [-0.4, -0.2) is 20.7 Å². The van der Waals surface area contributed by atoms with Crippen molar-refractivity contribution in [2.45, 2.75) is 13.1 Å². The van der Waals surface area contributed by atoms with E-state index in [0.29, 0.717) is 17.6 Å². The van der Waals surface area contributed by atoms with Gasteiger partial charge in [0.25, 0.3) is 5.91 Å². The Kier molecular flexibility index (Phi) is 5.09. The monoisotopic (exact) mass is 487 g/mol. The number of aromatic nitrogens is 3. The van der Waals surface area contributed by atoms with E-state index < -0.39 is 17.6 Å². The Morgan fingerprint density at radius 3 is 2.52 bits per heavy atom. The number of rotatable bonds is 3. The minimum Gasteiger partial charge on any atom is -0.383 e. The summed E-state index contributed by atoms with van der Waals surface area (Å²) in [7, 11) is 0. The number of pyridine rings is 1. The van der Waals surface area contributed by atoms with Gasteiger partial charge in [-0.25, -0.2) is 9.67 Å². The standard InChI is InChI=1S/C17H13F3IN5O/c1-9-14(15(22)26(25-9)12-5-3-2-4-11(12)21)16(27)24-13-7-6-10(8-23-13)17(18,19)20/h2-8H,22H2,1H3,(H,23,24,27). The first-order valence-corrected chi connectivity index (χ1v) is 8.71. The number of nitrogens with two attached hydrogens (primary N) is 1. The number of nitrogens with one attached hydrogen (secondary N) is 1. The van der Waals surface area contributed by atoms with Crippen molar-refractivity contribution < 1.29 is 18.0 Å². The second-order valence-electron chi connectivity index (χ2n) is 5.59. The Balaban J connectivity index is 1.89. The second kappa shape index (κ2) is 7.18. The normalized spacial score (nSPS) is 11.4. The van der Waals surface area contributed by atoms with E-state index in [1.54, 1.807) is 6.92 Å². The van der Waals surface area contributed by atoms with Crippen LogP contribution in [0.5, 0.6) is 0 Å². The Morgan fingerprint density at radius 2 is 1.93 bits per heavy atom. The van der Waals surface area contributed by atoms with Crippen LogP contribution in [0.3, 0.4) is 0 Å². The van der Waals surface area contributed by atoms with E-state index in [2.05, 4.69) is 38.0 Å². The highest BCUT2D eigenvalue weighted by Crippen LogP contribution is 2.29. The number of hydrogen-bond donors (Lipinski definition) is 2. The van der Waals surface area contributed by atoms with Crippen LogP contribution in [0.2, 0.25) is 0 Å². The highest BCUT2D eigenvalue weighted by molar-refractivity contribution is 14.1. The van der Waals surface area contributed by atoms with E-state index in [1.807, 2.05) is 24.3 Å². The first kappa shape index (κ1) is 19.1. The fourth-order valence-corrected chi connectivity index (χ4v) is 3.06. The molecule has 140 valence electrons. The summed E-state index contributed by atoms with van der Waals surface area (Å²) in [6.45, 7) is 1.62. The Bertz CT molecular complexity index is 999. The molecule has 0 aliphatic heterocycles. The van der Waals surface area contributed by atoms with Gasteiger partial charge >= 0.3 is 6.18 Å². The van der Waals surface area contributed by atoms with Crippen LogP contribution in [0.4, 0.5) is 24.8 Å². The van der Waals surface area contributed by atoms with Gasteiger partial charge < -0.3 is 11.1 Å². The smallest absolute Gasteiger partial charge is 0.383 e. The maximum absolute atomic E-state index is 12.6. The van der Waals surface area contributed by atoms with Gasteiger partial charge in [-0.2, -0.15) is 18.3 Å². The molecule has 27 heavy (non-hydrogen) atoms. The molecule has 6 nitrogen and oxygen atoms in total. The lowest BCUT2D eigenvalue weighted by molar-refractivity contribution is -0.137. The van der Waals surface area contributed by atoms with Crippen molar-refractivity contribution in [1.82, 2.24) is 14.8 Å². The molecule has 0 fully saturated rings. The number of alkyl halides is 3. The van der Waals surface area contributed by atoms with Crippen molar-refractivity contribution in [2.75, 3.05) is 11.1 Å². The Hall–Kier alpha value is -2.63. The van der Waals surface area contributed by atoms with Gasteiger partial charge in [-0.3, -0.25) is 4.79 Å². The number of anilines is 2. The van der Waals surface area contributed by atoms with Gasteiger partial charge in [-0.1, -0.05) is 12.1 Å². The maximum Gasteiger partial charge on any atom is 0.417 e. The van der Waals surface area contributed by atoms with Gasteiger partial charge in [-0.05, 0) is 53.8 Å². The van der Waals surface area contributed by atoms with Crippen molar-refractivity contribution >= 4 is 40.1 Å². The van der Waals surface area contributed by atoms with Gasteiger partial charge in [-0.15, -0.1) is 0 Å². The number of benzene rings is 1. The van der Waals surface area contributed by atoms with Crippen LogP contribution in [0.1, 0.15) is 21.6 Å². The maximum atomic E-state index is 12.6. The third-order valence-electron chi connectivity index (χ3n) is 3.74. The number of aryl methyl sites for hydroxylation is 1. The lowest BCUT2D eigenvalue weighted by Gasteiger charge is -2.09. The van der Waals surface area contributed by atoms with Crippen molar-refractivity contribution in [3.8, 4) is 5.69 Å². The minimum absolute atomic E-state index is 0.0196. The fourth-order valence-electron chi connectivity index (χ4n) is 2.45. The third-order valence-corrected chi connectivity index (χ3v) is 4.65. The zero-order valence-corrected chi connectivity index (χ0v) is 16.0.